The number of hydrogen-bond acceptors (Lipinski definition) is 8. The number of hydrogen-bond donors (Lipinski definition) is 4. The first kappa shape index (κ1) is 21.8. The van der Waals surface area contributed by atoms with Crippen molar-refractivity contribution in [2.45, 2.75) is 26.0 Å². The van der Waals surface area contributed by atoms with Crippen LogP contribution in [0.5, 0.6) is 0 Å². The van der Waals surface area contributed by atoms with E-state index in [9.17, 15) is 5.11 Å². The van der Waals surface area contributed by atoms with Crippen LogP contribution >= 0.6 is 0 Å². The van der Waals surface area contributed by atoms with Gasteiger partial charge in [0.2, 0.25) is 0 Å². The lowest BCUT2D eigenvalue weighted by Gasteiger charge is -2.13. The Morgan fingerprint density at radius 2 is 1.86 bits per heavy atom. The van der Waals surface area contributed by atoms with Crippen molar-refractivity contribution in [3.63, 3.8) is 0 Å². The maximum absolute atomic E-state index is 10.1. The van der Waals surface area contributed by atoms with Gasteiger partial charge in [0.25, 0.3) is 0 Å². The fourth-order valence-electron chi connectivity index (χ4n) is 4.25. The highest BCUT2D eigenvalue weighted by Gasteiger charge is 2.17. The molecule has 0 fully saturated rings. The Morgan fingerprint density at radius 1 is 0.972 bits per heavy atom. The second-order valence-electron chi connectivity index (χ2n) is 8.48. The molecule has 0 aromatic carbocycles. The predicted molar refractivity (Wildman–Crippen MR) is 138 cm³/mol. The molecule has 10 nitrogen and oxygen atoms in total. The van der Waals surface area contributed by atoms with Gasteiger partial charge in [-0.15, -0.1) is 0 Å². The van der Waals surface area contributed by atoms with Crippen LogP contribution in [-0.2, 0) is 0 Å². The highest BCUT2D eigenvalue weighted by atomic mass is 16.3. The summed E-state index contributed by atoms with van der Waals surface area (Å²) in [5.74, 6) is 0.610. The fraction of sp³-hybridized carbons (Fsp3) is 0.154. The molecule has 6 aromatic heterocycles. The number of anilines is 1. The average molecular weight is 478 g/mol. The summed E-state index contributed by atoms with van der Waals surface area (Å²) in [4.78, 5) is 25.6. The molecule has 36 heavy (non-hydrogen) atoms. The molecule has 10 heteroatoms. The number of aliphatic hydroxyl groups is 1. The van der Waals surface area contributed by atoms with Gasteiger partial charge in [-0.3, -0.25) is 20.1 Å². The zero-order valence-corrected chi connectivity index (χ0v) is 19.5. The van der Waals surface area contributed by atoms with Crippen molar-refractivity contribution in [2.24, 2.45) is 0 Å². The van der Waals surface area contributed by atoms with Crippen molar-refractivity contribution in [3.8, 4) is 33.9 Å². The summed E-state index contributed by atoms with van der Waals surface area (Å²) < 4.78 is 0. The van der Waals surface area contributed by atoms with Gasteiger partial charge >= 0.3 is 0 Å². The van der Waals surface area contributed by atoms with E-state index in [2.05, 4.69) is 40.4 Å². The van der Waals surface area contributed by atoms with E-state index >= 15 is 0 Å². The van der Waals surface area contributed by atoms with E-state index in [-0.39, 0.29) is 0 Å². The van der Waals surface area contributed by atoms with Crippen molar-refractivity contribution < 1.29 is 5.11 Å². The number of imidazole rings is 1. The van der Waals surface area contributed by atoms with E-state index in [1.165, 1.54) is 0 Å². The van der Waals surface area contributed by atoms with Crippen LogP contribution in [0.1, 0.15) is 19.8 Å². The molecule has 178 valence electrons. The number of nitrogens with zero attached hydrogens (tertiary/aromatic N) is 6. The Kier molecular flexibility index (Phi) is 5.55. The molecule has 1 unspecified atom stereocenters. The van der Waals surface area contributed by atoms with E-state index in [1.807, 2.05) is 37.3 Å². The van der Waals surface area contributed by atoms with Crippen LogP contribution in [0.2, 0.25) is 0 Å². The highest BCUT2D eigenvalue weighted by molar-refractivity contribution is 5.96. The van der Waals surface area contributed by atoms with Crippen LogP contribution in [0, 0.1) is 0 Å². The lowest BCUT2D eigenvalue weighted by molar-refractivity contribution is 0.192. The molecule has 6 heterocycles. The molecule has 0 amide bonds. The molecule has 0 saturated heterocycles. The Morgan fingerprint density at radius 3 is 2.72 bits per heavy atom. The monoisotopic (exact) mass is 477 g/mol. The normalized spacial score (nSPS) is 12.3. The number of aliphatic hydroxyl groups excluding tert-OH is 1. The van der Waals surface area contributed by atoms with Crippen molar-refractivity contribution in [2.75, 3.05) is 5.32 Å². The molecule has 0 bridgehead atoms. The topological polar surface area (TPSA) is 141 Å². The van der Waals surface area contributed by atoms with Gasteiger partial charge in [0.15, 0.2) is 11.5 Å². The standard InChI is InChI=1S/C26H23N9O/c1-2-3-22(36)31-17-10-16(12-28-13-17)20-11-19-21(14-30-20)34-35-24(19)26-32-23-18(6-9-29-25(23)33-26)15-4-7-27-8-5-15/h4-14,22,31,36H,2-3H2,1H3,(H,34,35)(H,29,32,33). The van der Waals surface area contributed by atoms with E-state index in [0.29, 0.717) is 23.6 Å². The smallest absolute Gasteiger partial charge is 0.178 e. The lowest BCUT2D eigenvalue weighted by atomic mass is 10.1. The number of nitrogens with one attached hydrogen (secondary N) is 3. The third-order valence-electron chi connectivity index (χ3n) is 5.98. The van der Waals surface area contributed by atoms with E-state index in [0.717, 1.165) is 50.9 Å². The summed E-state index contributed by atoms with van der Waals surface area (Å²) >= 11 is 0. The maximum atomic E-state index is 10.1. The minimum Gasteiger partial charge on any atom is -0.374 e. The fourth-order valence-corrected chi connectivity index (χ4v) is 4.25. The largest absolute Gasteiger partial charge is 0.374 e. The summed E-state index contributed by atoms with van der Waals surface area (Å²) in [6, 6.07) is 9.74. The van der Waals surface area contributed by atoms with Gasteiger partial charge in [-0.1, -0.05) is 13.3 Å². The lowest BCUT2D eigenvalue weighted by Crippen LogP contribution is -2.18. The van der Waals surface area contributed by atoms with E-state index in [1.54, 1.807) is 37.2 Å². The first-order valence-electron chi connectivity index (χ1n) is 11.7. The minimum absolute atomic E-state index is 0.610. The van der Waals surface area contributed by atoms with Crippen molar-refractivity contribution in [3.05, 3.63) is 67.5 Å². The molecule has 0 saturated carbocycles. The van der Waals surface area contributed by atoms with Gasteiger partial charge in [-0.05, 0) is 42.3 Å². The van der Waals surface area contributed by atoms with Crippen molar-refractivity contribution in [1.29, 1.82) is 0 Å². The Labute approximate surface area is 205 Å². The zero-order valence-electron chi connectivity index (χ0n) is 19.5. The number of aromatic amines is 2. The van der Waals surface area contributed by atoms with Crippen LogP contribution in [0.3, 0.4) is 0 Å². The molecule has 0 aliphatic rings. The van der Waals surface area contributed by atoms with Crippen LogP contribution in [0.4, 0.5) is 5.69 Å². The quantitative estimate of drug-likeness (QED) is 0.245. The Bertz CT molecular complexity index is 1660. The molecule has 0 aliphatic heterocycles. The van der Waals surface area contributed by atoms with Crippen LogP contribution in [0.25, 0.3) is 56.0 Å². The first-order chi connectivity index (χ1) is 17.7. The summed E-state index contributed by atoms with van der Waals surface area (Å²) in [5.41, 5.74) is 7.21. The van der Waals surface area contributed by atoms with Gasteiger partial charge in [0, 0.05) is 41.3 Å². The van der Waals surface area contributed by atoms with Crippen LogP contribution < -0.4 is 5.32 Å². The molecule has 4 N–H and O–H groups in total. The number of rotatable bonds is 7. The van der Waals surface area contributed by atoms with Gasteiger partial charge in [0.1, 0.15) is 11.9 Å². The van der Waals surface area contributed by atoms with Gasteiger partial charge in [0.05, 0.1) is 34.8 Å². The molecule has 0 spiro atoms. The molecule has 0 aliphatic carbocycles. The molecular weight excluding hydrogens is 454 g/mol. The second-order valence-corrected chi connectivity index (χ2v) is 8.48. The maximum Gasteiger partial charge on any atom is 0.178 e. The second kappa shape index (κ2) is 9.16. The predicted octanol–water partition coefficient (Wildman–Crippen LogP) is 4.55. The molecular formula is C26H23N9O. The first-order valence-corrected chi connectivity index (χ1v) is 11.7. The Hall–Kier alpha value is -4.70. The summed E-state index contributed by atoms with van der Waals surface area (Å²) in [5, 5.41) is 21.6. The minimum atomic E-state index is -0.623. The molecule has 0 radical (unpaired) electrons. The average Bonchev–Trinajstić information content (AvgIpc) is 3.53. The SMILES string of the molecule is CCCC(O)Nc1cncc(-c2cc3c(-c4nc5nccc(-c6ccncc6)c5[nH]4)n[nH]c3cn2)c1. The number of fused-ring (bicyclic) bond motifs is 2. The van der Waals surface area contributed by atoms with Crippen molar-refractivity contribution in [1.82, 2.24) is 40.1 Å². The summed E-state index contributed by atoms with van der Waals surface area (Å²) in [6.07, 6.45) is 11.4. The number of aromatic nitrogens is 8. The third-order valence-corrected chi connectivity index (χ3v) is 5.98. The van der Waals surface area contributed by atoms with E-state index < -0.39 is 6.23 Å². The van der Waals surface area contributed by atoms with Gasteiger partial charge in [-0.25, -0.2) is 9.97 Å². The van der Waals surface area contributed by atoms with Gasteiger partial charge in [-0.2, -0.15) is 5.10 Å². The van der Waals surface area contributed by atoms with Crippen LogP contribution in [0.15, 0.2) is 67.5 Å². The summed E-state index contributed by atoms with van der Waals surface area (Å²) in [7, 11) is 0. The zero-order chi connectivity index (χ0) is 24.5. The van der Waals surface area contributed by atoms with E-state index in [4.69, 9.17) is 4.98 Å². The number of H-pyrrole nitrogens is 2. The van der Waals surface area contributed by atoms with Gasteiger partial charge < -0.3 is 15.4 Å². The highest BCUT2D eigenvalue weighted by Crippen LogP contribution is 2.32. The third kappa shape index (κ3) is 4.03. The molecule has 6 rings (SSSR count). The molecule has 1 atom stereocenters. The molecule has 6 aromatic rings. The van der Waals surface area contributed by atoms with Crippen LogP contribution in [-0.4, -0.2) is 51.4 Å². The van der Waals surface area contributed by atoms with Crippen molar-refractivity contribution >= 4 is 27.8 Å². The Balaban J connectivity index is 1.40. The number of pyridine rings is 4. The summed E-state index contributed by atoms with van der Waals surface area (Å²) in [6.45, 7) is 2.03.